The second-order valence-corrected chi connectivity index (χ2v) is 7.10. The molecule has 1 amide bonds. The highest BCUT2D eigenvalue weighted by atomic mass is 16.3. The molecule has 0 fully saturated rings. The summed E-state index contributed by atoms with van der Waals surface area (Å²) < 4.78 is 0. The summed E-state index contributed by atoms with van der Waals surface area (Å²) in [5, 5.41) is 14.4. The summed E-state index contributed by atoms with van der Waals surface area (Å²) in [7, 11) is 0. The zero-order valence-corrected chi connectivity index (χ0v) is 15.1. The van der Waals surface area contributed by atoms with Crippen molar-refractivity contribution in [1.29, 1.82) is 0 Å². The van der Waals surface area contributed by atoms with Gasteiger partial charge in [0, 0.05) is 29.8 Å². The van der Waals surface area contributed by atoms with Crippen LogP contribution in [0.15, 0.2) is 73.1 Å². The molecule has 2 atom stereocenters. The van der Waals surface area contributed by atoms with Crippen LogP contribution in [0.25, 0.3) is 22.2 Å². The summed E-state index contributed by atoms with van der Waals surface area (Å²) >= 11 is 0. The van der Waals surface area contributed by atoms with E-state index in [1.165, 1.54) is 0 Å². The Hall–Kier alpha value is -3.44. The average molecular weight is 369 g/mol. The first-order chi connectivity index (χ1) is 13.7. The molecule has 0 unspecified atom stereocenters. The van der Waals surface area contributed by atoms with E-state index in [-0.39, 0.29) is 11.9 Å². The minimum absolute atomic E-state index is 0.186. The second-order valence-electron chi connectivity index (χ2n) is 7.10. The number of amides is 1. The number of rotatable bonds is 3. The van der Waals surface area contributed by atoms with Crippen molar-refractivity contribution in [3.8, 4) is 11.1 Å². The largest absolute Gasteiger partial charge is 0.390 e. The molecule has 1 aliphatic carbocycles. The normalized spacial score (nSPS) is 18.2. The standard InChI is InChI=1S/C23H19N3O2/c27-20-13-16-3-1-2-4-18(16)21(20)26-23(28)15-7-5-14(6-8-15)17-9-11-24-22-19(17)10-12-25-22/h1-12,20-21,27H,13H2,(H,24,25)(H,26,28)/t20-,21-/m1/s1. The third kappa shape index (κ3) is 2.77. The summed E-state index contributed by atoms with van der Waals surface area (Å²) in [5.41, 5.74) is 5.58. The molecular weight excluding hydrogens is 350 g/mol. The lowest BCUT2D eigenvalue weighted by atomic mass is 10.0. The van der Waals surface area contributed by atoms with Gasteiger partial charge in [0.15, 0.2) is 0 Å². The van der Waals surface area contributed by atoms with Gasteiger partial charge >= 0.3 is 0 Å². The number of hydrogen-bond donors (Lipinski definition) is 3. The Morgan fingerprint density at radius 1 is 1.07 bits per heavy atom. The van der Waals surface area contributed by atoms with Crippen molar-refractivity contribution in [2.45, 2.75) is 18.6 Å². The van der Waals surface area contributed by atoms with E-state index >= 15 is 0 Å². The number of aliphatic hydroxyl groups is 1. The van der Waals surface area contributed by atoms with Crippen LogP contribution in [0.4, 0.5) is 0 Å². The van der Waals surface area contributed by atoms with E-state index in [1.807, 2.05) is 66.9 Å². The molecule has 0 saturated carbocycles. The van der Waals surface area contributed by atoms with Gasteiger partial charge < -0.3 is 15.4 Å². The average Bonchev–Trinajstić information content (AvgIpc) is 3.32. The summed E-state index contributed by atoms with van der Waals surface area (Å²) in [6.07, 6.45) is 3.61. The van der Waals surface area contributed by atoms with Crippen LogP contribution in [0.1, 0.15) is 27.5 Å². The highest BCUT2D eigenvalue weighted by Crippen LogP contribution is 2.32. The molecule has 1 aliphatic rings. The molecule has 5 nitrogen and oxygen atoms in total. The van der Waals surface area contributed by atoms with Gasteiger partial charge in [-0.25, -0.2) is 4.98 Å². The molecule has 2 aromatic carbocycles. The van der Waals surface area contributed by atoms with Gasteiger partial charge in [0.2, 0.25) is 0 Å². The second kappa shape index (κ2) is 6.62. The number of nitrogens with one attached hydrogen (secondary N) is 2. The van der Waals surface area contributed by atoms with Gasteiger partial charge in [0.1, 0.15) is 5.65 Å². The van der Waals surface area contributed by atoms with Crippen molar-refractivity contribution in [1.82, 2.24) is 15.3 Å². The number of carbonyl (C=O) groups excluding carboxylic acids is 1. The fourth-order valence-corrected chi connectivity index (χ4v) is 3.99. The third-order valence-corrected chi connectivity index (χ3v) is 5.41. The number of aromatic nitrogens is 2. The number of fused-ring (bicyclic) bond motifs is 2. The molecule has 2 aromatic heterocycles. The van der Waals surface area contributed by atoms with Crippen molar-refractivity contribution < 1.29 is 9.90 Å². The number of H-pyrrole nitrogens is 1. The number of hydrogen-bond acceptors (Lipinski definition) is 3. The van der Waals surface area contributed by atoms with Crippen LogP contribution >= 0.6 is 0 Å². The number of aromatic amines is 1. The van der Waals surface area contributed by atoms with Crippen LogP contribution < -0.4 is 5.32 Å². The lowest BCUT2D eigenvalue weighted by molar-refractivity contribution is 0.0858. The summed E-state index contributed by atoms with van der Waals surface area (Å²) in [6, 6.07) is 19.0. The van der Waals surface area contributed by atoms with Crippen molar-refractivity contribution in [2.24, 2.45) is 0 Å². The zero-order chi connectivity index (χ0) is 19.1. The van der Waals surface area contributed by atoms with Crippen LogP contribution in [0.3, 0.4) is 0 Å². The lowest BCUT2D eigenvalue weighted by Crippen LogP contribution is -2.33. The fourth-order valence-electron chi connectivity index (χ4n) is 3.99. The van der Waals surface area contributed by atoms with E-state index in [4.69, 9.17) is 0 Å². The molecule has 5 rings (SSSR count). The van der Waals surface area contributed by atoms with E-state index in [0.717, 1.165) is 33.3 Å². The summed E-state index contributed by atoms with van der Waals surface area (Å²) in [4.78, 5) is 20.2. The number of nitrogens with zero attached hydrogens (tertiary/aromatic N) is 1. The Bertz CT molecular complexity index is 1160. The lowest BCUT2D eigenvalue weighted by Gasteiger charge is -2.18. The van der Waals surface area contributed by atoms with Crippen molar-refractivity contribution >= 4 is 16.9 Å². The first kappa shape index (κ1) is 16.7. The quantitative estimate of drug-likeness (QED) is 0.516. The summed E-state index contributed by atoms with van der Waals surface area (Å²) in [6.45, 7) is 0. The van der Waals surface area contributed by atoms with E-state index in [0.29, 0.717) is 12.0 Å². The highest BCUT2D eigenvalue weighted by molar-refractivity contribution is 5.97. The minimum Gasteiger partial charge on any atom is -0.390 e. The molecule has 138 valence electrons. The number of pyridine rings is 1. The van der Waals surface area contributed by atoms with Gasteiger partial charge in [0.05, 0.1) is 12.1 Å². The van der Waals surface area contributed by atoms with E-state index in [2.05, 4.69) is 15.3 Å². The molecule has 0 spiro atoms. The Morgan fingerprint density at radius 3 is 2.75 bits per heavy atom. The van der Waals surface area contributed by atoms with E-state index in [1.54, 1.807) is 6.20 Å². The van der Waals surface area contributed by atoms with E-state index < -0.39 is 6.10 Å². The molecule has 0 aliphatic heterocycles. The highest BCUT2D eigenvalue weighted by Gasteiger charge is 2.32. The Labute approximate surface area is 162 Å². The van der Waals surface area contributed by atoms with Crippen LogP contribution in [0, 0.1) is 0 Å². The smallest absolute Gasteiger partial charge is 0.251 e. The molecule has 5 heteroatoms. The van der Waals surface area contributed by atoms with Gasteiger partial charge in [-0.2, -0.15) is 0 Å². The SMILES string of the molecule is O=C(N[C@@H]1c2ccccc2C[C@H]1O)c1ccc(-c2ccnc3[nH]ccc23)cc1. The first-order valence-corrected chi connectivity index (χ1v) is 9.30. The van der Waals surface area contributed by atoms with Gasteiger partial charge in [-0.05, 0) is 46.5 Å². The van der Waals surface area contributed by atoms with Crippen LogP contribution in [-0.4, -0.2) is 27.1 Å². The zero-order valence-electron chi connectivity index (χ0n) is 15.1. The minimum atomic E-state index is -0.598. The van der Waals surface area contributed by atoms with Gasteiger partial charge in [0.25, 0.3) is 5.91 Å². The summed E-state index contributed by atoms with van der Waals surface area (Å²) in [5.74, 6) is -0.186. The molecule has 0 radical (unpaired) electrons. The van der Waals surface area contributed by atoms with Crippen LogP contribution in [-0.2, 0) is 6.42 Å². The monoisotopic (exact) mass is 369 g/mol. The van der Waals surface area contributed by atoms with Crippen molar-refractivity contribution in [3.05, 3.63) is 89.7 Å². The molecule has 4 aromatic rings. The Kier molecular flexibility index (Phi) is 3.95. The van der Waals surface area contributed by atoms with Gasteiger partial charge in [-0.15, -0.1) is 0 Å². The molecule has 0 bridgehead atoms. The van der Waals surface area contributed by atoms with Crippen molar-refractivity contribution in [2.75, 3.05) is 0 Å². The van der Waals surface area contributed by atoms with Crippen molar-refractivity contribution in [3.63, 3.8) is 0 Å². The predicted molar refractivity (Wildman–Crippen MR) is 108 cm³/mol. The topological polar surface area (TPSA) is 78.0 Å². The molecular formula is C23H19N3O2. The first-order valence-electron chi connectivity index (χ1n) is 9.30. The molecule has 2 heterocycles. The van der Waals surface area contributed by atoms with Gasteiger partial charge in [-0.1, -0.05) is 36.4 Å². The Balaban J connectivity index is 1.39. The predicted octanol–water partition coefficient (Wildman–Crippen LogP) is 3.62. The maximum absolute atomic E-state index is 12.7. The number of benzene rings is 2. The number of aliphatic hydroxyl groups excluding tert-OH is 1. The maximum atomic E-state index is 12.7. The maximum Gasteiger partial charge on any atom is 0.251 e. The number of carbonyl (C=O) groups is 1. The molecule has 0 saturated heterocycles. The van der Waals surface area contributed by atoms with Crippen LogP contribution in [0.5, 0.6) is 0 Å². The van der Waals surface area contributed by atoms with E-state index in [9.17, 15) is 9.90 Å². The third-order valence-electron chi connectivity index (χ3n) is 5.41. The molecule has 3 N–H and O–H groups in total. The van der Waals surface area contributed by atoms with Gasteiger partial charge in [-0.3, -0.25) is 4.79 Å². The van der Waals surface area contributed by atoms with Crippen LogP contribution in [0.2, 0.25) is 0 Å². The fraction of sp³-hybridized carbons (Fsp3) is 0.130. The Morgan fingerprint density at radius 2 is 1.89 bits per heavy atom. The molecule has 28 heavy (non-hydrogen) atoms.